The lowest BCUT2D eigenvalue weighted by Gasteiger charge is -2.19. The van der Waals surface area contributed by atoms with Gasteiger partial charge < -0.3 is 25.5 Å². The van der Waals surface area contributed by atoms with Crippen LogP contribution in [0.5, 0.6) is 5.75 Å². The molecule has 0 aliphatic rings. The number of methoxy groups -OCH3 is 1. The van der Waals surface area contributed by atoms with E-state index in [1.54, 1.807) is 38.2 Å². The maximum atomic E-state index is 13.3. The molecular formula is C27H30N6O5S. The summed E-state index contributed by atoms with van der Waals surface area (Å²) >= 11 is 0. The van der Waals surface area contributed by atoms with Crippen molar-refractivity contribution in [3.8, 4) is 5.75 Å². The quantitative estimate of drug-likeness (QED) is 0.268. The Balaban J connectivity index is 1.35. The fourth-order valence-electron chi connectivity index (χ4n) is 4.03. The van der Waals surface area contributed by atoms with E-state index in [0.717, 1.165) is 11.3 Å². The van der Waals surface area contributed by atoms with Crippen LogP contribution in [-0.2, 0) is 23.1 Å². The minimum Gasteiger partial charge on any atom is -0.497 e. The number of amides is 1. The molecular weight excluding hydrogens is 520 g/mol. The van der Waals surface area contributed by atoms with Gasteiger partial charge in [-0.25, -0.2) is 13.4 Å². The summed E-state index contributed by atoms with van der Waals surface area (Å²) in [6.45, 7) is 3.71. The number of anilines is 3. The van der Waals surface area contributed by atoms with Crippen molar-refractivity contribution in [2.45, 2.75) is 31.8 Å². The average molecular weight is 551 g/mol. The Kier molecular flexibility index (Phi) is 8.17. The molecule has 0 aliphatic heterocycles. The van der Waals surface area contributed by atoms with Crippen molar-refractivity contribution >= 4 is 33.4 Å². The molecule has 2 aromatic carbocycles. The smallest absolute Gasteiger partial charge is 0.254 e. The van der Waals surface area contributed by atoms with Crippen molar-refractivity contribution in [3.63, 3.8) is 0 Å². The van der Waals surface area contributed by atoms with Crippen molar-refractivity contribution in [2.24, 2.45) is 0 Å². The Morgan fingerprint density at radius 3 is 2.44 bits per heavy atom. The molecule has 12 heteroatoms. The molecule has 0 saturated heterocycles. The van der Waals surface area contributed by atoms with Gasteiger partial charge in [0, 0.05) is 25.5 Å². The number of hydrogen-bond acceptors (Lipinski definition) is 9. The van der Waals surface area contributed by atoms with Crippen LogP contribution in [0.15, 0.2) is 70.3 Å². The van der Waals surface area contributed by atoms with Crippen LogP contribution in [0.2, 0.25) is 0 Å². The molecule has 0 atom stereocenters. The van der Waals surface area contributed by atoms with Gasteiger partial charge in [0.25, 0.3) is 5.91 Å². The fraction of sp³-hybridized carbons (Fsp3) is 0.222. The molecule has 2 heterocycles. The highest BCUT2D eigenvalue weighted by Crippen LogP contribution is 2.28. The van der Waals surface area contributed by atoms with Gasteiger partial charge in [-0.3, -0.25) is 4.79 Å². The molecule has 0 spiro atoms. The van der Waals surface area contributed by atoms with Crippen LogP contribution in [-0.4, -0.2) is 42.8 Å². The molecule has 0 fully saturated rings. The molecule has 0 unspecified atom stereocenters. The number of carbonyl (C=O) groups is 1. The zero-order valence-corrected chi connectivity index (χ0v) is 22.9. The van der Waals surface area contributed by atoms with Crippen LogP contribution in [0, 0.1) is 13.8 Å². The molecule has 4 N–H and O–H groups in total. The van der Waals surface area contributed by atoms with Crippen molar-refractivity contribution in [1.82, 2.24) is 19.6 Å². The average Bonchev–Trinajstić information content (AvgIpc) is 3.36. The van der Waals surface area contributed by atoms with Gasteiger partial charge in [-0.05, 0) is 66.9 Å². The lowest BCUT2D eigenvalue weighted by atomic mass is 10.1. The number of rotatable bonds is 10. The molecule has 39 heavy (non-hydrogen) atoms. The third-order valence-electron chi connectivity index (χ3n) is 5.97. The summed E-state index contributed by atoms with van der Waals surface area (Å²) in [7, 11) is -0.804. The number of carbonyl (C=O) groups excluding carboxylic acids is 1. The lowest BCUT2D eigenvalue weighted by Crippen LogP contribution is -2.27. The van der Waals surface area contributed by atoms with E-state index < -0.39 is 10.0 Å². The zero-order valence-electron chi connectivity index (χ0n) is 22.1. The number of sulfonamides is 1. The number of aryl methyl sites for hydroxylation is 2. The first kappa shape index (κ1) is 27.6. The maximum absolute atomic E-state index is 13.3. The molecule has 11 nitrogen and oxygen atoms in total. The van der Waals surface area contributed by atoms with Gasteiger partial charge in [0.1, 0.15) is 23.6 Å². The van der Waals surface area contributed by atoms with E-state index in [0.29, 0.717) is 46.5 Å². The lowest BCUT2D eigenvalue weighted by molar-refractivity contribution is 0.0950. The van der Waals surface area contributed by atoms with Crippen LogP contribution >= 0.6 is 0 Å². The number of hydrogen-bond donors (Lipinski definition) is 3. The van der Waals surface area contributed by atoms with E-state index in [4.69, 9.17) is 14.9 Å². The second-order valence-corrected chi connectivity index (χ2v) is 10.9. The number of nitrogens with one attached hydrogen (secondary N) is 2. The van der Waals surface area contributed by atoms with Crippen molar-refractivity contribution < 1.29 is 22.4 Å². The second kappa shape index (κ2) is 11.5. The van der Waals surface area contributed by atoms with Gasteiger partial charge in [0.15, 0.2) is 0 Å². The number of aromatic nitrogens is 2. The highest BCUT2D eigenvalue weighted by atomic mass is 32.2. The van der Waals surface area contributed by atoms with Gasteiger partial charge in [-0.2, -0.15) is 9.29 Å². The normalized spacial score (nSPS) is 11.4. The van der Waals surface area contributed by atoms with Crippen LogP contribution in [0.1, 0.15) is 32.8 Å². The molecule has 0 radical (unpaired) electrons. The Morgan fingerprint density at radius 1 is 1.10 bits per heavy atom. The number of nitrogens with two attached hydrogens (primary N) is 1. The molecule has 4 rings (SSSR count). The minimum absolute atomic E-state index is 0.0359. The van der Waals surface area contributed by atoms with Crippen LogP contribution in [0.3, 0.4) is 0 Å². The van der Waals surface area contributed by atoms with Gasteiger partial charge in [-0.15, -0.1) is 0 Å². The van der Waals surface area contributed by atoms with Gasteiger partial charge in [0.2, 0.25) is 16.0 Å². The Labute approximate surface area is 227 Å². The first-order valence-electron chi connectivity index (χ1n) is 12.0. The third-order valence-corrected chi connectivity index (χ3v) is 8.08. The summed E-state index contributed by atoms with van der Waals surface area (Å²) in [4.78, 5) is 21.1. The molecule has 4 aromatic rings. The van der Waals surface area contributed by atoms with Crippen molar-refractivity contribution in [1.29, 1.82) is 0 Å². The summed E-state index contributed by atoms with van der Waals surface area (Å²) in [5.74, 6) is 1.35. The SMILES string of the molecule is COc1cc(C)c(S(=O)(=O)N(C)Cc2cc(C(=O)NCc3ccc(Nc4nccc(N)n4)cc3)co2)c(C)c1. The Bertz CT molecular complexity index is 1560. The minimum atomic E-state index is -3.81. The molecule has 2 aromatic heterocycles. The van der Waals surface area contributed by atoms with E-state index in [1.165, 1.54) is 30.8 Å². The number of benzene rings is 2. The Hall–Kier alpha value is -4.42. The van der Waals surface area contributed by atoms with E-state index in [2.05, 4.69) is 20.6 Å². The van der Waals surface area contributed by atoms with E-state index in [-0.39, 0.29) is 17.3 Å². The maximum Gasteiger partial charge on any atom is 0.254 e. The van der Waals surface area contributed by atoms with E-state index in [1.807, 2.05) is 24.3 Å². The highest BCUT2D eigenvalue weighted by Gasteiger charge is 2.26. The fourth-order valence-corrected chi connectivity index (χ4v) is 5.57. The zero-order chi connectivity index (χ0) is 28.2. The molecule has 0 saturated carbocycles. The number of ether oxygens (including phenoxy) is 1. The summed E-state index contributed by atoms with van der Waals surface area (Å²) in [6, 6.07) is 13.9. The van der Waals surface area contributed by atoms with Crippen molar-refractivity contribution in [3.05, 3.63) is 89.0 Å². The molecule has 0 aliphatic carbocycles. The van der Waals surface area contributed by atoms with Crippen LogP contribution in [0.25, 0.3) is 0 Å². The Morgan fingerprint density at radius 2 is 1.79 bits per heavy atom. The number of furan rings is 1. The summed E-state index contributed by atoms with van der Waals surface area (Å²) in [6.07, 6.45) is 2.88. The molecule has 0 bridgehead atoms. The summed E-state index contributed by atoms with van der Waals surface area (Å²) in [5.41, 5.74) is 8.78. The van der Waals surface area contributed by atoms with Gasteiger partial charge in [0.05, 0.1) is 24.1 Å². The second-order valence-electron chi connectivity index (χ2n) is 8.96. The third kappa shape index (κ3) is 6.54. The molecule has 1 amide bonds. The summed E-state index contributed by atoms with van der Waals surface area (Å²) < 4.78 is 38.5. The standard InChI is InChI=1S/C27H30N6O5S/c1-17-11-22(37-4)12-18(2)25(17)39(35,36)33(3)15-23-13-20(16-38-23)26(34)30-14-19-5-7-21(8-6-19)31-27-29-10-9-24(28)32-27/h5-13,16H,14-15H2,1-4H3,(H,30,34)(H3,28,29,31,32). The van der Waals surface area contributed by atoms with E-state index >= 15 is 0 Å². The highest BCUT2D eigenvalue weighted by molar-refractivity contribution is 7.89. The van der Waals surface area contributed by atoms with Crippen molar-refractivity contribution in [2.75, 3.05) is 25.2 Å². The largest absolute Gasteiger partial charge is 0.497 e. The van der Waals surface area contributed by atoms with E-state index in [9.17, 15) is 13.2 Å². The number of nitrogens with zero attached hydrogens (tertiary/aromatic N) is 3. The van der Waals surface area contributed by atoms with Crippen LogP contribution < -0.4 is 21.1 Å². The topological polar surface area (TPSA) is 153 Å². The predicted octanol–water partition coefficient (Wildman–Crippen LogP) is 3.77. The van der Waals surface area contributed by atoms with Crippen LogP contribution in [0.4, 0.5) is 17.5 Å². The summed E-state index contributed by atoms with van der Waals surface area (Å²) in [5, 5.41) is 5.89. The first-order chi connectivity index (χ1) is 18.6. The first-order valence-corrected chi connectivity index (χ1v) is 13.4. The van der Waals surface area contributed by atoms with Gasteiger partial charge >= 0.3 is 0 Å². The monoisotopic (exact) mass is 550 g/mol. The van der Waals surface area contributed by atoms with Gasteiger partial charge in [-0.1, -0.05) is 12.1 Å². The number of nitrogen functional groups attached to an aromatic ring is 1. The predicted molar refractivity (Wildman–Crippen MR) is 147 cm³/mol. The molecule has 204 valence electrons.